The SMILES string of the molecule is C[C@H](c1ccccc1)c1ccccc1C(=O)N1CCCC1. The second-order valence-corrected chi connectivity index (χ2v) is 5.72. The zero-order valence-electron chi connectivity index (χ0n) is 12.5. The Balaban J connectivity index is 1.94. The highest BCUT2D eigenvalue weighted by Crippen LogP contribution is 2.28. The Bertz CT molecular complexity index is 614. The largest absolute Gasteiger partial charge is 0.339 e. The maximum absolute atomic E-state index is 12.7. The Hall–Kier alpha value is -2.09. The van der Waals surface area contributed by atoms with Gasteiger partial charge in [0.05, 0.1) is 0 Å². The molecule has 0 bridgehead atoms. The number of amides is 1. The Labute approximate surface area is 126 Å². The summed E-state index contributed by atoms with van der Waals surface area (Å²) in [5.41, 5.74) is 3.23. The highest BCUT2D eigenvalue weighted by Gasteiger charge is 2.23. The maximum atomic E-state index is 12.7. The monoisotopic (exact) mass is 279 g/mol. The highest BCUT2D eigenvalue weighted by atomic mass is 16.2. The molecule has 1 saturated heterocycles. The number of likely N-dealkylation sites (tertiary alicyclic amines) is 1. The standard InChI is InChI=1S/C19H21NO/c1-15(16-9-3-2-4-10-16)17-11-5-6-12-18(17)19(21)20-13-7-8-14-20/h2-6,9-12,15H,7-8,13-14H2,1H3/t15-/m1/s1. The van der Waals surface area contributed by atoms with Gasteiger partial charge in [-0.3, -0.25) is 4.79 Å². The molecule has 2 nitrogen and oxygen atoms in total. The average Bonchev–Trinajstić information content (AvgIpc) is 3.09. The average molecular weight is 279 g/mol. The minimum Gasteiger partial charge on any atom is -0.339 e. The summed E-state index contributed by atoms with van der Waals surface area (Å²) in [4.78, 5) is 14.7. The van der Waals surface area contributed by atoms with Crippen molar-refractivity contribution in [2.75, 3.05) is 13.1 Å². The predicted molar refractivity (Wildman–Crippen MR) is 85.5 cm³/mol. The van der Waals surface area contributed by atoms with Gasteiger partial charge in [-0.25, -0.2) is 0 Å². The molecule has 1 aliphatic heterocycles. The van der Waals surface area contributed by atoms with Gasteiger partial charge < -0.3 is 4.90 Å². The maximum Gasteiger partial charge on any atom is 0.254 e. The fourth-order valence-corrected chi connectivity index (χ4v) is 3.08. The zero-order chi connectivity index (χ0) is 14.7. The second-order valence-electron chi connectivity index (χ2n) is 5.72. The lowest BCUT2D eigenvalue weighted by molar-refractivity contribution is 0.0791. The molecule has 2 aromatic carbocycles. The van der Waals surface area contributed by atoms with Crippen LogP contribution in [0.15, 0.2) is 54.6 Å². The van der Waals surface area contributed by atoms with Crippen LogP contribution in [0.2, 0.25) is 0 Å². The lowest BCUT2D eigenvalue weighted by Gasteiger charge is -2.21. The van der Waals surface area contributed by atoms with Crippen molar-refractivity contribution < 1.29 is 4.79 Å². The molecule has 21 heavy (non-hydrogen) atoms. The summed E-state index contributed by atoms with van der Waals surface area (Å²) in [5.74, 6) is 0.417. The van der Waals surface area contributed by atoms with Gasteiger partial charge in [0.25, 0.3) is 5.91 Å². The minimum absolute atomic E-state index is 0.186. The first kappa shape index (κ1) is 13.9. The quantitative estimate of drug-likeness (QED) is 0.829. The molecule has 0 N–H and O–H groups in total. The molecule has 2 aromatic rings. The van der Waals surface area contributed by atoms with Gasteiger partial charge in [0, 0.05) is 24.6 Å². The van der Waals surface area contributed by atoms with E-state index in [4.69, 9.17) is 0 Å². The summed E-state index contributed by atoms with van der Waals surface area (Å²) in [6, 6.07) is 18.4. The van der Waals surface area contributed by atoms with Crippen LogP contribution in [-0.4, -0.2) is 23.9 Å². The number of nitrogens with zero attached hydrogens (tertiary/aromatic N) is 1. The third-order valence-electron chi connectivity index (χ3n) is 4.35. The molecule has 1 amide bonds. The normalized spacial score (nSPS) is 16.0. The van der Waals surface area contributed by atoms with E-state index in [0.29, 0.717) is 0 Å². The highest BCUT2D eigenvalue weighted by molar-refractivity contribution is 5.96. The number of hydrogen-bond acceptors (Lipinski definition) is 1. The van der Waals surface area contributed by atoms with Crippen LogP contribution >= 0.6 is 0 Å². The van der Waals surface area contributed by atoms with E-state index < -0.39 is 0 Å². The van der Waals surface area contributed by atoms with Gasteiger partial charge in [-0.1, -0.05) is 55.5 Å². The molecule has 1 fully saturated rings. The van der Waals surface area contributed by atoms with Gasteiger partial charge in [-0.2, -0.15) is 0 Å². The van der Waals surface area contributed by atoms with E-state index in [1.165, 1.54) is 5.56 Å². The van der Waals surface area contributed by atoms with E-state index in [-0.39, 0.29) is 11.8 Å². The van der Waals surface area contributed by atoms with E-state index in [9.17, 15) is 4.79 Å². The summed E-state index contributed by atoms with van der Waals surface area (Å²) in [5, 5.41) is 0. The number of carbonyl (C=O) groups is 1. The molecule has 0 saturated carbocycles. The molecular weight excluding hydrogens is 258 g/mol. The Morgan fingerprint density at radius 1 is 0.952 bits per heavy atom. The van der Waals surface area contributed by atoms with Crippen molar-refractivity contribution >= 4 is 5.91 Å². The van der Waals surface area contributed by atoms with Crippen LogP contribution in [0.5, 0.6) is 0 Å². The Kier molecular flexibility index (Phi) is 4.05. The molecule has 108 valence electrons. The van der Waals surface area contributed by atoms with Crippen molar-refractivity contribution in [2.45, 2.75) is 25.7 Å². The molecule has 0 radical (unpaired) electrons. The molecular formula is C19H21NO. The number of hydrogen-bond donors (Lipinski definition) is 0. The van der Waals surface area contributed by atoms with Crippen molar-refractivity contribution in [3.8, 4) is 0 Å². The van der Waals surface area contributed by atoms with Crippen LogP contribution in [0.4, 0.5) is 0 Å². The molecule has 0 aromatic heterocycles. The molecule has 1 atom stereocenters. The summed E-state index contributed by atoms with van der Waals surface area (Å²) < 4.78 is 0. The number of benzene rings is 2. The van der Waals surface area contributed by atoms with Crippen LogP contribution < -0.4 is 0 Å². The molecule has 0 spiro atoms. The molecule has 0 aliphatic carbocycles. The van der Waals surface area contributed by atoms with Gasteiger partial charge in [0.15, 0.2) is 0 Å². The Morgan fingerprint density at radius 2 is 1.57 bits per heavy atom. The van der Waals surface area contributed by atoms with Crippen molar-refractivity contribution in [3.63, 3.8) is 0 Å². The predicted octanol–water partition coefficient (Wildman–Crippen LogP) is 4.07. The van der Waals surface area contributed by atoms with Crippen LogP contribution in [0.1, 0.15) is 47.2 Å². The van der Waals surface area contributed by atoms with Gasteiger partial charge >= 0.3 is 0 Å². The van der Waals surface area contributed by atoms with E-state index in [1.54, 1.807) is 0 Å². The first-order valence-electron chi connectivity index (χ1n) is 7.70. The van der Waals surface area contributed by atoms with Crippen LogP contribution in [0, 0.1) is 0 Å². The third kappa shape index (κ3) is 2.85. The first-order valence-corrected chi connectivity index (χ1v) is 7.70. The van der Waals surface area contributed by atoms with E-state index in [1.807, 2.05) is 29.2 Å². The smallest absolute Gasteiger partial charge is 0.254 e. The molecule has 2 heteroatoms. The van der Waals surface area contributed by atoms with Gasteiger partial charge in [0.1, 0.15) is 0 Å². The van der Waals surface area contributed by atoms with Crippen LogP contribution in [-0.2, 0) is 0 Å². The van der Waals surface area contributed by atoms with E-state index >= 15 is 0 Å². The van der Waals surface area contributed by atoms with E-state index in [0.717, 1.165) is 37.1 Å². The lowest BCUT2D eigenvalue weighted by atomic mass is 9.89. The lowest BCUT2D eigenvalue weighted by Crippen LogP contribution is -2.28. The summed E-state index contributed by atoms with van der Waals surface area (Å²) in [6.07, 6.45) is 2.25. The summed E-state index contributed by atoms with van der Waals surface area (Å²) in [6.45, 7) is 3.96. The van der Waals surface area contributed by atoms with Gasteiger partial charge in [-0.05, 0) is 30.0 Å². The first-order chi connectivity index (χ1) is 10.3. The Morgan fingerprint density at radius 3 is 2.29 bits per heavy atom. The van der Waals surface area contributed by atoms with Gasteiger partial charge in [0.2, 0.25) is 0 Å². The fourth-order valence-electron chi connectivity index (χ4n) is 3.08. The van der Waals surface area contributed by atoms with E-state index in [2.05, 4.69) is 37.3 Å². The third-order valence-corrected chi connectivity index (χ3v) is 4.35. The topological polar surface area (TPSA) is 20.3 Å². The number of carbonyl (C=O) groups excluding carboxylic acids is 1. The fraction of sp³-hybridized carbons (Fsp3) is 0.316. The molecule has 3 rings (SSSR count). The van der Waals surface area contributed by atoms with Crippen molar-refractivity contribution in [1.29, 1.82) is 0 Å². The van der Waals surface area contributed by atoms with Crippen molar-refractivity contribution in [1.82, 2.24) is 4.90 Å². The molecule has 1 aliphatic rings. The van der Waals surface area contributed by atoms with Crippen molar-refractivity contribution in [3.05, 3.63) is 71.3 Å². The van der Waals surface area contributed by atoms with Crippen LogP contribution in [0.25, 0.3) is 0 Å². The summed E-state index contributed by atoms with van der Waals surface area (Å²) >= 11 is 0. The molecule has 0 unspecified atom stereocenters. The van der Waals surface area contributed by atoms with Crippen molar-refractivity contribution in [2.24, 2.45) is 0 Å². The summed E-state index contributed by atoms with van der Waals surface area (Å²) in [7, 11) is 0. The molecule has 1 heterocycles. The zero-order valence-corrected chi connectivity index (χ0v) is 12.5. The second kappa shape index (κ2) is 6.13. The van der Waals surface area contributed by atoms with Crippen LogP contribution in [0.3, 0.4) is 0 Å². The number of rotatable bonds is 3. The van der Waals surface area contributed by atoms with Gasteiger partial charge in [-0.15, -0.1) is 0 Å². The minimum atomic E-state index is 0.186.